The van der Waals surface area contributed by atoms with E-state index in [2.05, 4.69) is 31.8 Å². The number of hydrogen-bond acceptors (Lipinski definition) is 4. The Bertz CT molecular complexity index is 1040. The molecule has 0 fully saturated rings. The van der Waals surface area contributed by atoms with Gasteiger partial charge in [-0.15, -0.1) is 0 Å². The fourth-order valence-electron chi connectivity index (χ4n) is 2.80. The zero-order chi connectivity index (χ0) is 21.3. The van der Waals surface area contributed by atoms with E-state index in [9.17, 15) is 4.79 Å². The van der Waals surface area contributed by atoms with E-state index >= 15 is 0 Å². The number of benzene rings is 3. The van der Waals surface area contributed by atoms with Crippen molar-refractivity contribution in [1.29, 1.82) is 0 Å². The van der Waals surface area contributed by atoms with Gasteiger partial charge in [0.1, 0.15) is 18.4 Å². The lowest BCUT2D eigenvalue weighted by Crippen LogP contribution is -2.35. The molecule has 30 heavy (non-hydrogen) atoms. The van der Waals surface area contributed by atoms with Crippen molar-refractivity contribution in [3.05, 3.63) is 94.0 Å². The smallest absolute Gasteiger partial charge is 0.262 e. The lowest BCUT2D eigenvalue weighted by atomic mass is 10.2. The van der Waals surface area contributed by atoms with Crippen LogP contribution in [0.15, 0.2) is 82.4 Å². The molecule has 0 heterocycles. The normalized spacial score (nSPS) is 11.8. The summed E-state index contributed by atoms with van der Waals surface area (Å²) in [7, 11) is 0. The van der Waals surface area contributed by atoms with Gasteiger partial charge in [0.2, 0.25) is 0 Å². The van der Waals surface area contributed by atoms with E-state index < -0.39 is 6.04 Å². The van der Waals surface area contributed by atoms with Gasteiger partial charge < -0.3 is 10.1 Å². The summed E-state index contributed by atoms with van der Waals surface area (Å²) in [5.74, 6) is 0.476. The number of ether oxygens (including phenoxy) is 1. The van der Waals surface area contributed by atoms with Crippen molar-refractivity contribution in [2.24, 2.45) is 5.10 Å². The number of rotatable bonds is 8. The van der Waals surface area contributed by atoms with Crippen LogP contribution in [0.5, 0.6) is 5.75 Å². The summed E-state index contributed by atoms with van der Waals surface area (Å²) in [6.07, 6.45) is 1.59. The van der Waals surface area contributed by atoms with E-state index in [4.69, 9.17) is 4.74 Å². The summed E-state index contributed by atoms with van der Waals surface area (Å²) in [4.78, 5) is 12.4. The molecule has 0 spiro atoms. The predicted octanol–water partition coefficient (Wildman–Crippen LogP) is 5.29. The molecule has 154 valence electrons. The van der Waals surface area contributed by atoms with Crippen molar-refractivity contribution in [3.8, 4) is 5.75 Å². The third kappa shape index (κ3) is 6.19. The number of carbonyl (C=O) groups is 1. The average Bonchev–Trinajstić information content (AvgIpc) is 2.74. The number of nitrogens with one attached hydrogen (secondary N) is 2. The molecule has 6 heteroatoms. The van der Waals surface area contributed by atoms with E-state index in [-0.39, 0.29) is 5.91 Å². The van der Waals surface area contributed by atoms with Gasteiger partial charge in [-0.1, -0.05) is 58.4 Å². The Morgan fingerprint density at radius 1 is 1.10 bits per heavy atom. The van der Waals surface area contributed by atoms with Crippen LogP contribution in [-0.4, -0.2) is 18.2 Å². The fourth-order valence-corrected chi connectivity index (χ4v) is 3.25. The summed E-state index contributed by atoms with van der Waals surface area (Å²) in [6.45, 7) is 4.23. The van der Waals surface area contributed by atoms with Gasteiger partial charge in [0.15, 0.2) is 0 Å². The van der Waals surface area contributed by atoms with Crippen LogP contribution in [0.1, 0.15) is 23.6 Å². The van der Waals surface area contributed by atoms with Gasteiger partial charge in [-0.25, -0.2) is 5.43 Å². The molecule has 0 saturated heterocycles. The molecule has 0 aromatic heterocycles. The van der Waals surface area contributed by atoms with Crippen LogP contribution >= 0.6 is 15.9 Å². The number of hydrogen-bond donors (Lipinski definition) is 2. The second kappa shape index (κ2) is 10.6. The first-order valence-corrected chi connectivity index (χ1v) is 10.4. The number of carbonyl (C=O) groups excluding carboxylic acids is 1. The first-order valence-electron chi connectivity index (χ1n) is 9.64. The van der Waals surface area contributed by atoms with Gasteiger partial charge in [-0.05, 0) is 55.3 Å². The van der Waals surface area contributed by atoms with Crippen molar-refractivity contribution in [3.63, 3.8) is 0 Å². The largest absolute Gasteiger partial charge is 0.488 e. The quantitative estimate of drug-likeness (QED) is 0.351. The number of halogens is 1. The minimum atomic E-state index is -0.425. The molecule has 5 nitrogen and oxygen atoms in total. The number of nitrogens with zero attached hydrogens (tertiary/aromatic N) is 1. The van der Waals surface area contributed by atoms with Crippen LogP contribution < -0.4 is 15.5 Å². The number of anilines is 1. The molecule has 0 saturated carbocycles. The van der Waals surface area contributed by atoms with Crippen LogP contribution in [0.2, 0.25) is 0 Å². The molecule has 0 bridgehead atoms. The molecular weight excluding hydrogens is 442 g/mol. The number of hydrazone groups is 1. The molecule has 2 N–H and O–H groups in total. The molecule has 0 aliphatic rings. The number of aryl methyl sites for hydroxylation is 1. The Morgan fingerprint density at radius 2 is 1.87 bits per heavy atom. The van der Waals surface area contributed by atoms with E-state index in [0.29, 0.717) is 12.4 Å². The molecule has 0 aliphatic heterocycles. The fraction of sp³-hybridized carbons (Fsp3) is 0.167. The third-order valence-corrected chi connectivity index (χ3v) is 4.98. The van der Waals surface area contributed by atoms with Crippen LogP contribution in [0.25, 0.3) is 0 Å². The Hall–Kier alpha value is -3.12. The first kappa shape index (κ1) is 21.6. The topological polar surface area (TPSA) is 62.7 Å². The molecule has 3 rings (SSSR count). The summed E-state index contributed by atoms with van der Waals surface area (Å²) >= 11 is 3.46. The highest BCUT2D eigenvalue weighted by molar-refractivity contribution is 9.10. The molecule has 0 radical (unpaired) electrons. The maximum atomic E-state index is 12.4. The van der Waals surface area contributed by atoms with Gasteiger partial charge in [-0.3, -0.25) is 4.79 Å². The van der Waals surface area contributed by atoms with Crippen LogP contribution in [0.3, 0.4) is 0 Å². The number of para-hydroxylation sites is 2. The Balaban J connectivity index is 1.58. The second-order valence-electron chi connectivity index (χ2n) is 6.87. The Morgan fingerprint density at radius 3 is 2.67 bits per heavy atom. The van der Waals surface area contributed by atoms with Crippen LogP contribution in [0, 0.1) is 6.92 Å². The highest BCUT2D eigenvalue weighted by Crippen LogP contribution is 2.19. The maximum Gasteiger partial charge on any atom is 0.262 e. The lowest BCUT2D eigenvalue weighted by molar-refractivity contribution is -0.121. The molecule has 1 amide bonds. The minimum absolute atomic E-state index is 0.220. The van der Waals surface area contributed by atoms with Crippen molar-refractivity contribution >= 4 is 33.7 Å². The highest BCUT2D eigenvalue weighted by Gasteiger charge is 2.12. The van der Waals surface area contributed by atoms with Crippen LogP contribution in [-0.2, 0) is 11.4 Å². The maximum absolute atomic E-state index is 12.4. The lowest BCUT2D eigenvalue weighted by Gasteiger charge is -2.15. The summed E-state index contributed by atoms with van der Waals surface area (Å²) < 4.78 is 6.95. The zero-order valence-electron chi connectivity index (χ0n) is 16.9. The average molecular weight is 466 g/mol. The molecular formula is C24H24BrN3O2. The van der Waals surface area contributed by atoms with Gasteiger partial charge in [0.05, 0.1) is 6.21 Å². The molecule has 0 aliphatic carbocycles. The van der Waals surface area contributed by atoms with Crippen molar-refractivity contribution in [2.45, 2.75) is 26.5 Å². The van der Waals surface area contributed by atoms with E-state index in [1.54, 1.807) is 13.1 Å². The molecule has 0 unspecified atom stereocenters. The molecule has 1 atom stereocenters. The van der Waals surface area contributed by atoms with Gasteiger partial charge in [0.25, 0.3) is 5.91 Å². The Labute approximate surface area is 185 Å². The highest BCUT2D eigenvalue weighted by atomic mass is 79.9. The van der Waals surface area contributed by atoms with E-state index in [1.807, 2.05) is 79.7 Å². The predicted molar refractivity (Wildman–Crippen MR) is 125 cm³/mol. The monoisotopic (exact) mass is 465 g/mol. The molecule has 3 aromatic rings. The summed E-state index contributed by atoms with van der Waals surface area (Å²) in [6, 6.07) is 22.9. The third-order valence-electron chi connectivity index (χ3n) is 4.49. The van der Waals surface area contributed by atoms with Crippen LogP contribution in [0.4, 0.5) is 5.69 Å². The van der Waals surface area contributed by atoms with Gasteiger partial charge in [0, 0.05) is 15.7 Å². The van der Waals surface area contributed by atoms with Gasteiger partial charge in [-0.2, -0.15) is 5.10 Å². The molecule has 3 aromatic carbocycles. The Kier molecular flexibility index (Phi) is 7.63. The SMILES string of the molecule is Cc1ccccc1N[C@@H](C)C(=O)N/N=C\c1ccccc1OCc1cccc(Br)c1. The van der Waals surface area contributed by atoms with Crippen molar-refractivity contribution < 1.29 is 9.53 Å². The number of amides is 1. The summed E-state index contributed by atoms with van der Waals surface area (Å²) in [5.41, 5.74) is 6.43. The second-order valence-corrected chi connectivity index (χ2v) is 7.79. The van der Waals surface area contributed by atoms with E-state index in [0.717, 1.165) is 26.9 Å². The van der Waals surface area contributed by atoms with Crippen molar-refractivity contribution in [2.75, 3.05) is 5.32 Å². The minimum Gasteiger partial charge on any atom is -0.488 e. The van der Waals surface area contributed by atoms with Crippen molar-refractivity contribution in [1.82, 2.24) is 5.43 Å². The van der Waals surface area contributed by atoms with E-state index in [1.165, 1.54) is 0 Å². The van der Waals surface area contributed by atoms with Gasteiger partial charge >= 0.3 is 0 Å². The summed E-state index contributed by atoms with van der Waals surface area (Å²) in [5, 5.41) is 7.30. The first-order chi connectivity index (χ1) is 14.5. The zero-order valence-corrected chi connectivity index (χ0v) is 18.5. The standard InChI is InChI=1S/C24H24BrN3O2/c1-17-8-3-5-12-22(17)27-18(2)24(29)28-26-15-20-10-4-6-13-23(20)30-16-19-9-7-11-21(25)14-19/h3-15,18,27H,16H2,1-2H3,(H,28,29)/b26-15-/t18-/m0/s1.